The number of alkyl carbamates (subject to hydrolysis) is 1. The van der Waals surface area contributed by atoms with Crippen molar-refractivity contribution in [1.29, 1.82) is 0 Å². The van der Waals surface area contributed by atoms with Gasteiger partial charge in [0.1, 0.15) is 12.4 Å². The van der Waals surface area contributed by atoms with E-state index in [1.54, 1.807) is 0 Å². The number of nitrogens with one attached hydrogen (secondary N) is 1. The lowest BCUT2D eigenvalue weighted by Gasteiger charge is -2.16. The fraction of sp³-hybridized carbons (Fsp3) is 0.467. The predicted octanol–water partition coefficient (Wildman–Crippen LogP) is 1.64. The number of carbonyl (C=O) groups excluding carboxylic acids is 2. The molecule has 0 bridgehead atoms. The number of ether oxygens (including phenoxy) is 1. The smallest absolute Gasteiger partial charge is 0.407 e. The highest BCUT2D eigenvalue weighted by atomic mass is 16.5. The van der Waals surface area contributed by atoms with Crippen LogP contribution >= 0.6 is 0 Å². The Hall–Kier alpha value is -1.88. The van der Waals surface area contributed by atoms with E-state index in [0.717, 1.165) is 12.0 Å². The molecule has 1 saturated carbocycles. The topological polar surface area (TPSA) is 75.6 Å². The van der Waals surface area contributed by atoms with Crippen molar-refractivity contribution < 1.29 is 19.4 Å². The molecule has 2 atom stereocenters. The first-order chi connectivity index (χ1) is 9.66. The van der Waals surface area contributed by atoms with E-state index in [-0.39, 0.29) is 24.9 Å². The Balaban J connectivity index is 1.68. The summed E-state index contributed by atoms with van der Waals surface area (Å²) in [7, 11) is 0. The molecule has 20 heavy (non-hydrogen) atoms. The average Bonchev–Trinajstić information content (AvgIpc) is 2.90. The van der Waals surface area contributed by atoms with Gasteiger partial charge in [0, 0.05) is 18.9 Å². The van der Waals surface area contributed by atoms with Crippen molar-refractivity contribution in [2.45, 2.75) is 32.0 Å². The van der Waals surface area contributed by atoms with Crippen molar-refractivity contribution in [2.24, 2.45) is 5.92 Å². The average molecular weight is 277 g/mol. The van der Waals surface area contributed by atoms with Gasteiger partial charge in [0.15, 0.2) is 0 Å². The summed E-state index contributed by atoms with van der Waals surface area (Å²) in [6.07, 6.45) is 0.632. The lowest BCUT2D eigenvalue weighted by molar-refractivity contribution is -0.123. The van der Waals surface area contributed by atoms with E-state index >= 15 is 0 Å². The number of hydrogen-bond acceptors (Lipinski definition) is 4. The van der Waals surface area contributed by atoms with Crippen LogP contribution in [0.1, 0.15) is 24.8 Å². The zero-order chi connectivity index (χ0) is 14.4. The summed E-state index contributed by atoms with van der Waals surface area (Å²) >= 11 is 0. The second-order valence-corrected chi connectivity index (χ2v) is 4.98. The van der Waals surface area contributed by atoms with Crippen molar-refractivity contribution in [2.75, 3.05) is 6.54 Å². The normalized spacial score (nSPS) is 19.6. The molecule has 0 radical (unpaired) electrons. The zero-order valence-corrected chi connectivity index (χ0v) is 11.2. The highest BCUT2D eigenvalue weighted by Gasteiger charge is 2.30. The van der Waals surface area contributed by atoms with Gasteiger partial charge in [-0.2, -0.15) is 0 Å². The maximum Gasteiger partial charge on any atom is 0.407 e. The minimum Gasteiger partial charge on any atom is -0.445 e. The third-order valence-corrected chi connectivity index (χ3v) is 3.48. The van der Waals surface area contributed by atoms with Crippen LogP contribution in [0.3, 0.4) is 0 Å². The number of amides is 1. The lowest BCUT2D eigenvalue weighted by atomic mass is 10.00. The molecule has 0 heterocycles. The van der Waals surface area contributed by atoms with E-state index in [0.29, 0.717) is 12.8 Å². The summed E-state index contributed by atoms with van der Waals surface area (Å²) in [5, 5.41) is 12.3. The Kier molecular flexibility index (Phi) is 5.12. The number of carbonyl (C=O) groups is 2. The Morgan fingerprint density at radius 3 is 2.80 bits per heavy atom. The predicted molar refractivity (Wildman–Crippen MR) is 73.0 cm³/mol. The van der Waals surface area contributed by atoms with Crippen molar-refractivity contribution in [3.63, 3.8) is 0 Å². The summed E-state index contributed by atoms with van der Waals surface area (Å²) in [5.41, 5.74) is 0.897. The Labute approximate surface area is 117 Å². The summed E-state index contributed by atoms with van der Waals surface area (Å²) < 4.78 is 5.02. The number of Topliss-reactive ketones (excluding diaryl/α,β-unsaturated/α-hetero) is 1. The Morgan fingerprint density at radius 1 is 1.40 bits per heavy atom. The molecular weight excluding hydrogens is 258 g/mol. The van der Waals surface area contributed by atoms with Gasteiger partial charge in [-0.3, -0.25) is 4.79 Å². The van der Waals surface area contributed by atoms with Crippen LogP contribution in [0.4, 0.5) is 4.79 Å². The van der Waals surface area contributed by atoms with Crippen LogP contribution in [-0.4, -0.2) is 29.6 Å². The molecule has 0 spiro atoms. The van der Waals surface area contributed by atoms with E-state index in [1.807, 2.05) is 30.3 Å². The summed E-state index contributed by atoms with van der Waals surface area (Å²) in [4.78, 5) is 23.0. The summed E-state index contributed by atoms with van der Waals surface area (Å²) in [5.74, 6) is -0.263. The highest BCUT2D eigenvalue weighted by Crippen LogP contribution is 2.24. The third-order valence-electron chi connectivity index (χ3n) is 3.48. The molecule has 2 N–H and O–H groups in total. The van der Waals surface area contributed by atoms with Gasteiger partial charge in [0.05, 0.1) is 6.10 Å². The molecule has 1 aromatic rings. The van der Waals surface area contributed by atoms with Crippen LogP contribution in [0, 0.1) is 5.92 Å². The van der Waals surface area contributed by atoms with Gasteiger partial charge < -0.3 is 15.2 Å². The fourth-order valence-electron chi connectivity index (χ4n) is 2.35. The largest absolute Gasteiger partial charge is 0.445 e. The minimum atomic E-state index is -0.825. The minimum absolute atomic E-state index is 0.0457. The van der Waals surface area contributed by atoms with E-state index in [9.17, 15) is 14.7 Å². The quantitative estimate of drug-likeness (QED) is 0.858. The second-order valence-electron chi connectivity index (χ2n) is 4.98. The Morgan fingerprint density at radius 2 is 2.15 bits per heavy atom. The highest BCUT2D eigenvalue weighted by molar-refractivity contribution is 5.83. The van der Waals surface area contributed by atoms with E-state index in [4.69, 9.17) is 4.74 Å². The molecule has 0 aromatic heterocycles. The van der Waals surface area contributed by atoms with E-state index in [2.05, 4.69) is 5.32 Å². The van der Waals surface area contributed by atoms with Crippen LogP contribution < -0.4 is 5.32 Å². The van der Waals surface area contributed by atoms with Crippen LogP contribution in [-0.2, 0) is 16.1 Å². The van der Waals surface area contributed by atoms with Crippen molar-refractivity contribution >= 4 is 11.9 Å². The molecule has 1 aliphatic rings. The van der Waals surface area contributed by atoms with Crippen LogP contribution in [0.5, 0.6) is 0 Å². The van der Waals surface area contributed by atoms with E-state index in [1.165, 1.54) is 0 Å². The first-order valence-corrected chi connectivity index (χ1v) is 6.82. The first-order valence-electron chi connectivity index (χ1n) is 6.82. The van der Waals surface area contributed by atoms with Gasteiger partial charge in [-0.15, -0.1) is 0 Å². The van der Waals surface area contributed by atoms with E-state index < -0.39 is 12.2 Å². The van der Waals surface area contributed by atoms with Gasteiger partial charge in [-0.1, -0.05) is 30.3 Å². The number of aliphatic hydroxyl groups excluding tert-OH is 1. The number of aliphatic hydroxyl groups is 1. The summed E-state index contributed by atoms with van der Waals surface area (Å²) in [6, 6.07) is 9.34. The number of ketones is 1. The molecule has 1 fully saturated rings. The summed E-state index contributed by atoms with van der Waals surface area (Å²) in [6.45, 7) is 0.231. The van der Waals surface area contributed by atoms with Crippen LogP contribution in [0.2, 0.25) is 0 Å². The molecule has 5 heteroatoms. The van der Waals surface area contributed by atoms with Crippen molar-refractivity contribution in [1.82, 2.24) is 5.32 Å². The molecule has 108 valence electrons. The molecule has 2 rings (SSSR count). The second kappa shape index (κ2) is 7.05. The molecular formula is C15H19NO4. The zero-order valence-electron chi connectivity index (χ0n) is 11.2. The van der Waals surface area contributed by atoms with Gasteiger partial charge in [-0.25, -0.2) is 4.79 Å². The first kappa shape index (κ1) is 14.5. The molecule has 0 saturated heterocycles. The Bertz CT molecular complexity index is 460. The lowest BCUT2D eigenvalue weighted by Crippen LogP contribution is -2.37. The SMILES string of the molecule is O=C(NC[C@@H](O)[C@H]1CCCC1=O)OCc1ccccc1. The number of hydrogen-bond donors (Lipinski definition) is 2. The van der Waals surface area contributed by atoms with Gasteiger partial charge in [-0.05, 0) is 18.4 Å². The maximum atomic E-state index is 11.5. The molecule has 5 nitrogen and oxygen atoms in total. The monoisotopic (exact) mass is 277 g/mol. The molecule has 1 aliphatic carbocycles. The molecule has 0 unspecified atom stereocenters. The van der Waals surface area contributed by atoms with Gasteiger partial charge in [0.25, 0.3) is 0 Å². The maximum absolute atomic E-state index is 11.5. The van der Waals surface area contributed by atoms with Crippen molar-refractivity contribution in [3.8, 4) is 0 Å². The fourth-order valence-corrected chi connectivity index (χ4v) is 2.35. The standard InChI is InChI=1S/C15H19NO4/c17-13-8-4-7-12(13)14(18)9-16-15(19)20-10-11-5-2-1-3-6-11/h1-3,5-6,12,14,18H,4,7-10H2,(H,16,19)/t12-,14+/m0/s1. The molecule has 1 aromatic carbocycles. The van der Waals surface area contributed by atoms with Crippen LogP contribution in [0.15, 0.2) is 30.3 Å². The van der Waals surface area contributed by atoms with Gasteiger partial charge in [0.2, 0.25) is 0 Å². The number of rotatable bonds is 5. The molecule has 0 aliphatic heterocycles. The molecule has 1 amide bonds. The van der Waals surface area contributed by atoms with Crippen molar-refractivity contribution in [3.05, 3.63) is 35.9 Å². The van der Waals surface area contributed by atoms with Crippen LogP contribution in [0.25, 0.3) is 0 Å². The third kappa shape index (κ3) is 4.06. The number of benzene rings is 1. The van der Waals surface area contributed by atoms with Gasteiger partial charge >= 0.3 is 6.09 Å².